The van der Waals surface area contributed by atoms with E-state index >= 15 is 0 Å². The lowest BCUT2D eigenvalue weighted by Crippen LogP contribution is -1.94. The molecule has 0 unspecified atom stereocenters. The number of carboxylic acid groups (broad SMARTS) is 1. The van der Waals surface area contributed by atoms with Crippen LogP contribution in [0.5, 0.6) is 0 Å². The lowest BCUT2D eigenvalue weighted by atomic mass is 10.1. The van der Waals surface area contributed by atoms with Gasteiger partial charge in [0.15, 0.2) is 0 Å². The van der Waals surface area contributed by atoms with Gasteiger partial charge in [0, 0.05) is 15.2 Å². The molecule has 0 aliphatic rings. The number of carbonyl (C=O) groups is 1. The Morgan fingerprint density at radius 1 is 1.35 bits per heavy atom. The highest BCUT2D eigenvalue weighted by atomic mass is 79.9. The minimum atomic E-state index is -0.885. The zero-order chi connectivity index (χ0) is 12.4. The van der Waals surface area contributed by atoms with Gasteiger partial charge in [0.05, 0.1) is 0 Å². The quantitative estimate of drug-likeness (QED) is 0.830. The zero-order valence-electron chi connectivity index (χ0n) is 8.61. The van der Waals surface area contributed by atoms with Crippen molar-refractivity contribution in [2.75, 3.05) is 0 Å². The number of aromatic carboxylic acids is 1. The maximum atomic E-state index is 11.0. The van der Waals surface area contributed by atoms with Crippen LogP contribution in [0.15, 0.2) is 30.3 Å². The molecule has 0 saturated carbocycles. The summed E-state index contributed by atoms with van der Waals surface area (Å²) in [5, 5.41) is 10.3. The second-order valence-corrected chi connectivity index (χ2v) is 5.46. The Balaban J connectivity index is 2.46. The number of hydrogen-bond acceptors (Lipinski definition) is 2. The summed E-state index contributed by atoms with van der Waals surface area (Å²) in [5.41, 5.74) is 1.78. The van der Waals surface area contributed by atoms with E-state index in [1.54, 1.807) is 12.1 Å². The average molecular weight is 332 g/mol. The Bertz CT molecular complexity index is 548. The van der Waals surface area contributed by atoms with E-state index in [4.69, 9.17) is 16.7 Å². The molecule has 88 valence electrons. The topological polar surface area (TPSA) is 37.3 Å². The number of rotatable bonds is 3. The molecule has 5 heteroatoms. The van der Waals surface area contributed by atoms with Crippen LogP contribution >= 0.6 is 38.9 Å². The van der Waals surface area contributed by atoms with E-state index in [9.17, 15) is 4.79 Å². The highest BCUT2D eigenvalue weighted by Gasteiger charge is 2.15. The van der Waals surface area contributed by atoms with Crippen LogP contribution in [0.4, 0.5) is 0 Å². The highest BCUT2D eigenvalue weighted by Crippen LogP contribution is 2.33. The van der Waals surface area contributed by atoms with Gasteiger partial charge in [-0.25, -0.2) is 4.79 Å². The monoisotopic (exact) mass is 330 g/mol. The van der Waals surface area contributed by atoms with E-state index in [-0.39, 0.29) is 0 Å². The molecule has 1 heterocycles. The smallest absolute Gasteiger partial charge is 0.346 e. The van der Waals surface area contributed by atoms with Gasteiger partial charge in [-0.1, -0.05) is 39.7 Å². The lowest BCUT2D eigenvalue weighted by molar-refractivity contribution is 0.0701. The molecule has 0 radical (unpaired) electrons. The third kappa shape index (κ3) is 2.70. The van der Waals surface area contributed by atoms with Crippen molar-refractivity contribution in [1.82, 2.24) is 0 Å². The summed E-state index contributed by atoms with van der Waals surface area (Å²) in [7, 11) is 0. The molecule has 1 N–H and O–H groups in total. The van der Waals surface area contributed by atoms with Crippen molar-refractivity contribution in [1.29, 1.82) is 0 Å². The minimum Gasteiger partial charge on any atom is -0.477 e. The van der Waals surface area contributed by atoms with Crippen molar-refractivity contribution < 1.29 is 9.90 Å². The molecule has 0 aliphatic heterocycles. The highest BCUT2D eigenvalue weighted by molar-refractivity contribution is 9.08. The number of hydrogen-bond donors (Lipinski definition) is 1. The molecule has 2 rings (SSSR count). The standard InChI is InChI=1S/C12H8BrClO2S/c13-6-8-5-10(17-11(8)12(15)16)7-1-3-9(14)4-2-7/h1-5H,6H2,(H,15,16). The molecule has 0 aliphatic carbocycles. The molecule has 0 spiro atoms. The average Bonchev–Trinajstić information content (AvgIpc) is 2.74. The van der Waals surface area contributed by atoms with Gasteiger partial charge in [-0.15, -0.1) is 11.3 Å². The molecule has 1 aromatic carbocycles. The van der Waals surface area contributed by atoms with E-state index in [1.165, 1.54) is 11.3 Å². The summed E-state index contributed by atoms with van der Waals surface area (Å²) in [6.07, 6.45) is 0. The summed E-state index contributed by atoms with van der Waals surface area (Å²) >= 11 is 10.4. The fraction of sp³-hybridized carbons (Fsp3) is 0.0833. The van der Waals surface area contributed by atoms with Crippen molar-refractivity contribution in [2.24, 2.45) is 0 Å². The van der Waals surface area contributed by atoms with E-state index in [2.05, 4.69) is 15.9 Å². The predicted octanol–water partition coefficient (Wildman–Crippen LogP) is 4.66. The first-order chi connectivity index (χ1) is 8.11. The second-order valence-electron chi connectivity index (χ2n) is 3.41. The van der Waals surface area contributed by atoms with E-state index in [1.807, 2.05) is 18.2 Å². The van der Waals surface area contributed by atoms with Crippen molar-refractivity contribution in [3.8, 4) is 10.4 Å². The molecular weight excluding hydrogens is 324 g/mol. The predicted molar refractivity (Wildman–Crippen MR) is 74.4 cm³/mol. The first-order valence-electron chi connectivity index (χ1n) is 4.79. The van der Waals surface area contributed by atoms with Crippen LogP contribution in [0, 0.1) is 0 Å². The molecule has 0 amide bonds. The third-order valence-corrected chi connectivity index (χ3v) is 4.35. The van der Waals surface area contributed by atoms with Gasteiger partial charge in [0.25, 0.3) is 0 Å². The van der Waals surface area contributed by atoms with Gasteiger partial charge in [0.2, 0.25) is 0 Å². The maximum Gasteiger partial charge on any atom is 0.346 e. The minimum absolute atomic E-state index is 0.381. The van der Waals surface area contributed by atoms with E-state index in [0.29, 0.717) is 15.2 Å². The largest absolute Gasteiger partial charge is 0.477 e. The van der Waals surface area contributed by atoms with Crippen LogP contribution in [0.3, 0.4) is 0 Å². The Morgan fingerprint density at radius 3 is 2.47 bits per heavy atom. The summed E-state index contributed by atoms with van der Waals surface area (Å²) < 4.78 is 0. The normalized spacial score (nSPS) is 10.5. The van der Waals surface area contributed by atoms with Gasteiger partial charge in [0.1, 0.15) is 4.88 Å². The molecule has 0 saturated heterocycles. The molecule has 0 fully saturated rings. The zero-order valence-corrected chi connectivity index (χ0v) is 11.8. The lowest BCUT2D eigenvalue weighted by Gasteiger charge is -1.96. The molecule has 0 atom stereocenters. The van der Waals surface area contributed by atoms with Gasteiger partial charge < -0.3 is 5.11 Å². The van der Waals surface area contributed by atoms with Crippen molar-refractivity contribution >= 4 is 44.8 Å². The summed E-state index contributed by atoms with van der Waals surface area (Å²) in [6.45, 7) is 0. The summed E-state index contributed by atoms with van der Waals surface area (Å²) in [5.74, 6) is -0.885. The molecule has 1 aromatic heterocycles. The van der Waals surface area contributed by atoms with Crippen LogP contribution in [0.25, 0.3) is 10.4 Å². The molecule has 0 bridgehead atoms. The number of benzene rings is 1. The Hall–Kier alpha value is -0.840. The summed E-state index contributed by atoms with van der Waals surface area (Å²) in [4.78, 5) is 12.4. The van der Waals surface area contributed by atoms with Gasteiger partial charge in [-0.05, 0) is 29.3 Å². The molecule has 2 aromatic rings. The van der Waals surface area contributed by atoms with Gasteiger partial charge in [-0.2, -0.15) is 0 Å². The number of carboxylic acids is 1. The fourth-order valence-corrected chi connectivity index (χ4v) is 3.24. The van der Waals surface area contributed by atoms with Gasteiger partial charge >= 0.3 is 5.97 Å². The van der Waals surface area contributed by atoms with Crippen LogP contribution < -0.4 is 0 Å². The molecule has 17 heavy (non-hydrogen) atoms. The van der Waals surface area contributed by atoms with E-state index < -0.39 is 5.97 Å². The Morgan fingerprint density at radius 2 is 2.00 bits per heavy atom. The van der Waals surface area contributed by atoms with Crippen LogP contribution in [-0.4, -0.2) is 11.1 Å². The molecular formula is C12H8BrClO2S. The first kappa shape index (κ1) is 12.6. The fourth-order valence-electron chi connectivity index (χ4n) is 1.47. The summed E-state index contributed by atoms with van der Waals surface area (Å²) in [6, 6.07) is 9.26. The number of alkyl halides is 1. The van der Waals surface area contributed by atoms with Crippen molar-refractivity contribution in [2.45, 2.75) is 5.33 Å². The second kappa shape index (κ2) is 5.21. The third-order valence-electron chi connectivity index (χ3n) is 2.28. The van der Waals surface area contributed by atoms with E-state index in [0.717, 1.165) is 16.0 Å². The van der Waals surface area contributed by atoms with Crippen molar-refractivity contribution in [3.63, 3.8) is 0 Å². The van der Waals surface area contributed by atoms with Gasteiger partial charge in [-0.3, -0.25) is 0 Å². The Kier molecular flexibility index (Phi) is 3.86. The maximum absolute atomic E-state index is 11.0. The van der Waals surface area contributed by atoms with Crippen LogP contribution in [-0.2, 0) is 5.33 Å². The van der Waals surface area contributed by atoms with Crippen LogP contribution in [0.1, 0.15) is 15.2 Å². The van der Waals surface area contributed by atoms with Crippen LogP contribution in [0.2, 0.25) is 5.02 Å². The van der Waals surface area contributed by atoms with Crippen molar-refractivity contribution in [3.05, 3.63) is 45.8 Å². The first-order valence-corrected chi connectivity index (χ1v) is 7.11. The number of thiophene rings is 1. The number of halogens is 2. The molecule has 2 nitrogen and oxygen atoms in total. The Labute approximate surface area is 116 Å². The SMILES string of the molecule is O=C(O)c1sc(-c2ccc(Cl)cc2)cc1CBr.